The molecule has 0 amide bonds. The maximum atomic E-state index is 11.0. The summed E-state index contributed by atoms with van der Waals surface area (Å²) in [5.41, 5.74) is 0.667. The molecule has 70 valence electrons. The number of thiol groups is 1. The highest BCUT2D eigenvalue weighted by atomic mass is 32.1. The van der Waals surface area contributed by atoms with Crippen molar-refractivity contribution in [1.82, 2.24) is 4.98 Å². The van der Waals surface area contributed by atoms with Crippen LogP contribution < -0.4 is 0 Å². The number of pyridine rings is 1. The van der Waals surface area contributed by atoms with Crippen molar-refractivity contribution in [3.63, 3.8) is 0 Å². The number of nitrogens with zero attached hydrogens (tertiary/aromatic N) is 1. The molecule has 0 radical (unpaired) electrons. The summed E-state index contributed by atoms with van der Waals surface area (Å²) >= 11 is 4.18. The van der Waals surface area contributed by atoms with E-state index in [1.165, 1.54) is 0 Å². The van der Waals surface area contributed by atoms with Gasteiger partial charge in [-0.1, -0.05) is 6.92 Å². The van der Waals surface area contributed by atoms with Crippen molar-refractivity contribution < 1.29 is 9.90 Å². The van der Waals surface area contributed by atoms with Crippen molar-refractivity contribution in [3.8, 4) is 0 Å². The first kappa shape index (κ1) is 10.1. The van der Waals surface area contributed by atoms with E-state index in [1.807, 2.05) is 0 Å². The van der Waals surface area contributed by atoms with Crippen LogP contribution in [0.4, 0.5) is 0 Å². The Morgan fingerprint density at radius 2 is 2.15 bits per heavy atom. The van der Waals surface area contributed by atoms with E-state index in [1.54, 1.807) is 31.5 Å². The number of hydrogen-bond acceptors (Lipinski definition) is 3. The lowest BCUT2D eigenvalue weighted by molar-refractivity contribution is -0.140. The number of carbonyl (C=O) groups is 1. The number of aliphatic carboxylic acids is 1. The van der Waals surface area contributed by atoms with E-state index in [0.717, 1.165) is 0 Å². The van der Waals surface area contributed by atoms with Crippen LogP contribution in [0.25, 0.3) is 0 Å². The molecular weight excluding hydrogens is 186 g/mol. The van der Waals surface area contributed by atoms with Crippen molar-refractivity contribution in [1.29, 1.82) is 0 Å². The summed E-state index contributed by atoms with van der Waals surface area (Å²) in [6.07, 6.45) is 3.58. The molecule has 1 rings (SSSR count). The first-order valence-electron chi connectivity index (χ1n) is 3.97. The molecule has 1 atom stereocenters. The standard InChI is InChI=1S/C9H11NO2S/c1-2-9(13,8(11)12)7-3-5-10-6-4-7/h3-6,13H,2H2,1H3,(H,11,12). The maximum Gasteiger partial charge on any atom is 0.324 e. The minimum atomic E-state index is -1.09. The molecule has 1 aromatic heterocycles. The first-order chi connectivity index (χ1) is 6.11. The second kappa shape index (κ2) is 3.79. The van der Waals surface area contributed by atoms with Crippen molar-refractivity contribution in [2.45, 2.75) is 18.1 Å². The van der Waals surface area contributed by atoms with E-state index in [2.05, 4.69) is 17.6 Å². The topological polar surface area (TPSA) is 50.2 Å². The SMILES string of the molecule is CCC(S)(C(=O)O)c1ccncc1. The van der Waals surface area contributed by atoms with Gasteiger partial charge in [-0.15, -0.1) is 0 Å². The van der Waals surface area contributed by atoms with Gasteiger partial charge >= 0.3 is 5.97 Å². The minimum Gasteiger partial charge on any atom is -0.480 e. The Morgan fingerprint density at radius 1 is 1.62 bits per heavy atom. The molecule has 13 heavy (non-hydrogen) atoms. The molecule has 3 nitrogen and oxygen atoms in total. The monoisotopic (exact) mass is 197 g/mol. The zero-order valence-electron chi connectivity index (χ0n) is 7.27. The second-order valence-electron chi connectivity index (χ2n) is 2.75. The van der Waals surface area contributed by atoms with Crippen LogP contribution >= 0.6 is 12.6 Å². The van der Waals surface area contributed by atoms with E-state index in [0.29, 0.717) is 12.0 Å². The second-order valence-corrected chi connectivity index (χ2v) is 3.52. The molecule has 1 N–H and O–H groups in total. The van der Waals surface area contributed by atoms with Gasteiger partial charge in [-0.25, -0.2) is 0 Å². The van der Waals surface area contributed by atoms with Gasteiger partial charge in [0.25, 0.3) is 0 Å². The summed E-state index contributed by atoms with van der Waals surface area (Å²) < 4.78 is -1.09. The van der Waals surface area contributed by atoms with Gasteiger partial charge in [0.05, 0.1) is 0 Å². The third-order valence-electron chi connectivity index (χ3n) is 2.02. The zero-order chi connectivity index (χ0) is 9.90. The quantitative estimate of drug-likeness (QED) is 0.725. The predicted octanol–water partition coefficient (Wildman–Crippen LogP) is 1.70. The van der Waals surface area contributed by atoms with Gasteiger partial charge in [-0.3, -0.25) is 9.78 Å². The average molecular weight is 197 g/mol. The molecule has 0 spiro atoms. The van der Waals surface area contributed by atoms with Gasteiger partial charge in [0.2, 0.25) is 0 Å². The van der Waals surface area contributed by atoms with E-state index in [-0.39, 0.29) is 0 Å². The van der Waals surface area contributed by atoms with Crippen LogP contribution in [0, 0.1) is 0 Å². The third kappa shape index (κ3) is 1.83. The smallest absolute Gasteiger partial charge is 0.324 e. The number of carboxylic acid groups (broad SMARTS) is 1. The number of carboxylic acids is 1. The summed E-state index contributed by atoms with van der Waals surface area (Å²) in [5.74, 6) is -0.926. The van der Waals surface area contributed by atoms with Crippen LogP contribution in [0.2, 0.25) is 0 Å². The van der Waals surface area contributed by atoms with Gasteiger partial charge in [0, 0.05) is 12.4 Å². The fourth-order valence-electron chi connectivity index (χ4n) is 1.11. The molecule has 0 saturated heterocycles. The fourth-order valence-corrected chi connectivity index (χ4v) is 1.26. The molecule has 1 heterocycles. The highest BCUT2D eigenvalue weighted by molar-refractivity contribution is 7.82. The van der Waals surface area contributed by atoms with E-state index in [9.17, 15) is 4.79 Å². The van der Waals surface area contributed by atoms with Crippen LogP contribution in [0.15, 0.2) is 24.5 Å². The Balaban J connectivity index is 3.11. The molecular formula is C9H11NO2S. The van der Waals surface area contributed by atoms with Crippen LogP contribution in [0.1, 0.15) is 18.9 Å². The lowest BCUT2D eigenvalue weighted by Crippen LogP contribution is -2.28. The molecule has 0 aliphatic rings. The first-order valence-corrected chi connectivity index (χ1v) is 4.42. The van der Waals surface area contributed by atoms with Crippen LogP contribution in [-0.4, -0.2) is 16.1 Å². The molecule has 1 unspecified atom stereocenters. The van der Waals surface area contributed by atoms with Gasteiger partial charge in [0.1, 0.15) is 4.75 Å². The van der Waals surface area contributed by atoms with Crippen molar-refractivity contribution in [2.75, 3.05) is 0 Å². The molecule has 0 saturated carbocycles. The largest absolute Gasteiger partial charge is 0.480 e. The lowest BCUT2D eigenvalue weighted by Gasteiger charge is -2.21. The number of rotatable bonds is 3. The Hall–Kier alpha value is -1.03. The van der Waals surface area contributed by atoms with Gasteiger partial charge in [-0.2, -0.15) is 12.6 Å². The third-order valence-corrected chi connectivity index (χ3v) is 2.79. The minimum absolute atomic E-state index is 0.440. The van der Waals surface area contributed by atoms with E-state index >= 15 is 0 Å². The van der Waals surface area contributed by atoms with Gasteiger partial charge in [-0.05, 0) is 24.1 Å². The molecule has 0 aliphatic carbocycles. The number of hydrogen-bond donors (Lipinski definition) is 2. The Morgan fingerprint density at radius 3 is 2.54 bits per heavy atom. The Bertz CT molecular complexity index is 302. The van der Waals surface area contributed by atoms with Gasteiger partial charge in [0.15, 0.2) is 0 Å². The number of aromatic nitrogens is 1. The normalized spacial score (nSPS) is 14.9. The maximum absolute atomic E-state index is 11.0. The summed E-state index contributed by atoms with van der Waals surface area (Å²) in [7, 11) is 0. The fraction of sp³-hybridized carbons (Fsp3) is 0.333. The summed E-state index contributed by atoms with van der Waals surface area (Å²) in [6, 6.07) is 3.34. The lowest BCUT2D eigenvalue weighted by atomic mass is 9.97. The van der Waals surface area contributed by atoms with Crippen LogP contribution in [-0.2, 0) is 9.54 Å². The average Bonchev–Trinajstić information content (AvgIpc) is 2.17. The predicted molar refractivity (Wildman–Crippen MR) is 52.8 cm³/mol. The summed E-state index contributed by atoms with van der Waals surface area (Å²) in [6.45, 7) is 1.79. The van der Waals surface area contributed by atoms with Crippen LogP contribution in [0.3, 0.4) is 0 Å². The highest BCUT2D eigenvalue weighted by Gasteiger charge is 2.34. The highest BCUT2D eigenvalue weighted by Crippen LogP contribution is 2.31. The van der Waals surface area contributed by atoms with Gasteiger partial charge < -0.3 is 5.11 Å². The molecule has 0 bridgehead atoms. The van der Waals surface area contributed by atoms with Crippen molar-refractivity contribution in [3.05, 3.63) is 30.1 Å². The van der Waals surface area contributed by atoms with Crippen LogP contribution in [0.5, 0.6) is 0 Å². The van der Waals surface area contributed by atoms with E-state index < -0.39 is 10.7 Å². The molecule has 4 heteroatoms. The summed E-state index contributed by atoms with van der Waals surface area (Å²) in [5, 5.41) is 8.99. The molecule has 1 aromatic rings. The zero-order valence-corrected chi connectivity index (χ0v) is 8.16. The Kier molecular flexibility index (Phi) is 2.93. The van der Waals surface area contributed by atoms with E-state index in [4.69, 9.17) is 5.11 Å². The van der Waals surface area contributed by atoms with Crippen molar-refractivity contribution in [2.24, 2.45) is 0 Å². The van der Waals surface area contributed by atoms with Crippen molar-refractivity contribution >= 4 is 18.6 Å². The molecule has 0 fully saturated rings. The summed E-state index contributed by atoms with van der Waals surface area (Å²) in [4.78, 5) is 14.8. The molecule has 0 aromatic carbocycles. The molecule has 0 aliphatic heterocycles. The Labute approximate surface area is 82.2 Å².